The lowest BCUT2D eigenvalue weighted by atomic mass is 10.1. The number of rotatable bonds is 10. The van der Waals surface area contributed by atoms with Crippen molar-refractivity contribution in [3.63, 3.8) is 0 Å². The molecule has 1 fully saturated rings. The molecule has 0 bridgehead atoms. The molecule has 2 aromatic carbocycles. The van der Waals surface area contributed by atoms with Crippen LogP contribution in [0.2, 0.25) is 0 Å². The van der Waals surface area contributed by atoms with Crippen molar-refractivity contribution < 1.29 is 9.53 Å². The van der Waals surface area contributed by atoms with Gasteiger partial charge in [-0.25, -0.2) is 0 Å². The fourth-order valence-corrected chi connectivity index (χ4v) is 5.72. The zero-order valence-electron chi connectivity index (χ0n) is 19.9. The molecule has 1 saturated heterocycles. The first kappa shape index (κ1) is 25.6. The Kier molecular flexibility index (Phi) is 9.16. The third-order valence-corrected chi connectivity index (χ3v) is 7.99. The number of nitriles is 1. The van der Waals surface area contributed by atoms with Gasteiger partial charge in [0.05, 0.1) is 21.0 Å². The minimum absolute atomic E-state index is 0.0511. The Morgan fingerprint density at radius 3 is 2.83 bits per heavy atom. The summed E-state index contributed by atoms with van der Waals surface area (Å²) in [5.74, 6) is 0.851. The highest BCUT2D eigenvalue weighted by Crippen LogP contribution is 2.29. The van der Waals surface area contributed by atoms with E-state index < -0.39 is 0 Å². The van der Waals surface area contributed by atoms with Crippen LogP contribution in [0.25, 0.3) is 10.1 Å². The number of fused-ring (bicyclic) bond motifs is 1. The second-order valence-corrected chi connectivity index (χ2v) is 10.8. The number of ether oxygens (including phenoxy) is 1. The first-order valence-corrected chi connectivity index (χ1v) is 13.8. The number of hydrogen-bond donors (Lipinski definition) is 3. The van der Waals surface area contributed by atoms with Crippen LogP contribution in [0, 0.1) is 11.3 Å². The summed E-state index contributed by atoms with van der Waals surface area (Å²) < 4.78 is 8.10. The van der Waals surface area contributed by atoms with Crippen molar-refractivity contribution in [1.82, 2.24) is 16.0 Å². The third-order valence-electron chi connectivity index (χ3n) is 6.28. The number of halogens is 1. The summed E-state index contributed by atoms with van der Waals surface area (Å²) in [7, 11) is 0. The van der Waals surface area contributed by atoms with Crippen LogP contribution < -0.4 is 20.7 Å². The first-order chi connectivity index (χ1) is 17.1. The van der Waals surface area contributed by atoms with E-state index in [9.17, 15) is 4.79 Å². The molecule has 184 valence electrons. The van der Waals surface area contributed by atoms with E-state index in [1.807, 2.05) is 24.3 Å². The molecule has 1 aliphatic heterocycles. The van der Waals surface area contributed by atoms with E-state index in [0.717, 1.165) is 72.2 Å². The van der Waals surface area contributed by atoms with Crippen molar-refractivity contribution in [2.75, 3.05) is 19.6 Å². The summed E-state index contributed by atoms with van der Waals surface area (Å²) >= 11 is 5.09. The van der Waals surface area contributed by atoms with Gasteiger partial charge in [0.25, 0.3) is 5.91 Å². The minimum Gasteiger partial charge on any atom is -0.489 e. The van der Waals surface area contributed by atoms with Gasteiger partial charge in [0.2, 0.25) is 0 Å². The van der Waals surface area contributed by atoms with Crippen LogP contribution in [-0.2, 0) is 6.54 Å². The smallest absolute Gasteiger partial charge is 0.261 e. The van der Waals surface area contributed by atoms with Crippen molar-refractivity contribution in [2.45, 2.75) is 51.3 Å². The van der Waals surface area contributed by atoms with Crippen molar-refractivity contribution >= 4 is 43.3 Å². The minimum atomic E-state index is -0.0511. The van der Waals surface area contributed by atoms with E-state index in [4.69, 9.17) is 10.00 Å². The maximum Gasteiger partial charge on any atom is 0.261 e. The molecule has 1 atom stereocenters. The number of nitrogens with one attached hydrogen (secondary N) is 3. The molecule has 1 aromatic heterocycles. The lowest BCUT2D eigenvalue weighted by molar-refractivity contribution is 0.0938. The Labute approximate surface area is 219 Å². The second kappa shape index (κ2) is 12.5. The van der Waals surface area contributed by atoms with Gasteiger partial charge >= 0.3 is 0 Å². The van der Waals surface area contributed by atoms with E-state index >= 15 is 0 Å². The van der Waals surface area contributed by atoms with Gasteiger partial charge in [0.1, 0.15) is 11.9 Å². The number of benzene rings is 2. The molecule has 35 heavy (non-hydrogen) atoms. The monoisotopic (exact) mass is 554 g/mol. The number of carbonyl (C=O) groups is 1. The van der Waals surface area contributed by atoms with Crippen LogP contribution in [0.1, 0.15) is 53.4 Å². The molecular weight excluding hydrogens is 524 g/mol. The number of piperidine rings is 1. The van der Waals surface area contributed by atoms with Crippen molar-refractivity contribution in [2.24, 2.45) is 0 Å². The summed E-state index contributed by atoms with van der Waals surface area (Å²) in [6.07, 6.45) is 4.07. The molecule has 1 unspecified atom stereocenters. The molecule has 4 rings (SSSR count). The van der Waals surface area contributed by atoms with Crippen molar-refractivity contribution in [1.29, 1.82) is 5.26 Å². The molecule has 0 spiro atoms. The fourth-order valence-electron chi connectivity index (χ4n) is 4.20. The molecular formula is C27H31BrN4O2S. The Hall–Kier alpha value is -2.44. The summed E-state index contributed by atoms with van der Waals surface area (Å²) in [5, 5.41) is 20.1. The van der Waals surface area contributed by atoms with Gasteiger partial charge in [-0.1, -0.05) is 19.1 Å². The largest absolute Gasteiger partial charge is 0.489 e. The van der Waals surface area contributed by atoms with E-state index in [1.165, 1.54) is 16.9 Å². The fraction of sp³-hybridized carbons (Fsp3) is 0.407. The summed E-state index contributed by atoms with van der Waals surface area (Å²) in [4.78, 5) is 13.5. The molecule has 6 nitrogen and oxygen atoms in total. The number of hydrogen-bond acceptors (Lipinski definition) is 6. The Morgan fingerprint density at radius 1 is 1.26 bits per heavy atom. The van der Waals surface area contributed by atoms with E-state index in [1.54, 1.807) is 6.07 Å². The summed E-state index contributed by atoms with van der Waals surface area (Å²) in [6, 6.07) is 15.9. The molecule has 0 radical (unpaired) electrons. The van der Waals surface area contributed by atoms with Crippen molar-refractivity contribution in [3.8, 4) is 11.8 Å². The lowest BCUT2D eigenvalue weighted by Crippen LogP contribution is -2.36. The standard InChI is InChI=1S/C27H31BrN4O2S/c1-2-21(32-27(33)26-15-20-5-3-18(16-29)14-25(20)35-26)7-10-31-17-19-4-6-24(23(28)13-19)34-22-8-11-30-12-9-22/h3-6,13-15,21-22,30-31H,2,7-12,17H2,1H3,(H,32,33). The Bertz CT molecular complexity index is 1200. The Balaban J connectivity index is 1.23. The van der Waals surface area contributed by atoms with Crippen LogP contribution in [0.3, 0.4) is 0 Å². The van der Waals surface area contributed by atoms with Crippen molar-refractivity contribution in [3.05, 3.63) is 62.9 Å². The maximum absolute atomic E-state index is 12.8. The quantitative estimate of drug-likeness (QED) is 0.294. The maximum atomic E-state index is 12.8. The van der Waals surface area contributed by atoms with Crippen LogP contribution in [0.4, 0.5) is 0 Å². The molecule has 8 heteroatoms. The second-order valence-electron chi connectivity index (χ2n) is 8.85. The SMILES string of the molecule is CCC(CCNCc1ccc(OC2CCNCC2)c(Br)c1)NC(=O)c1cc2ccc(C#N)cc2s1. The highest BCUT2D eigenvalue weighted by atomic mass is 79.9. The molecule has 0 saturated carbocycles. The number of nitrogens with zero attached hydrogens (tertiary/aromatic N) is 1. The van der Waals surface area contributed by atoms with Gasteiger partial charge in [0, 0.05) is 17.3 Å². The van der Waals surface area contributed by atoms with Crippen LogP contribution >= 0.6 is 27.3 Å². The van der Waals surface area contributed by atoms with Gasteiger partial charge in [-0.2, -0.15) is 5.26 Å². The number of carbonyl (C=O) groups excluding carboxylic acids is 1. The molecule has 0 aliphatic carbocycles. The zero-order chi connectivity index (χ0) is 24.6. The van der Waals surface area contributed by atoms with E-state index in [-0.39, 0.29) is 18.1 Å². The van der Waals surface area contributed by atoms with E-state index in [0.29, 0.717) is 10.4 Å². The molecule has 1 aliphatic rings. The van der Waals surface area contributed by atoms with Gasteiger partial charge in [0.15, 0.2) is 0 Å². The molecule has 3 aromatic rings. The summed E-state index contributed by atoms with van der Waals surface area (Å²) in [6.45, 7) is 5.68. The van der Waals surface area contributed by atoms with E-state index in [2.05, 4.69) is 57.0 Å². The average molecular weight is 556 g/mol. The number of amides is 1. The third kappa shape index (κ3) is 7.05. The average Bonchev–Trinajstić information content (AvgIpc) is 3.31. The molecule has 3 N–H and O–H groups in total. The highest BCUT2D eigenvalue weighted by molar-refractivity contribution is 9.10. The predicted octanol–water partition coefficient (Wildman–Crippen LogP) is 5.35. The van der Waals surface area contributed by atoms with Crippen LogP contribution in [0.15, 0.2) is 46.9 Å². The van der Waals surface area contributed by atoms with Gasteiger partial charge in [-0.05, 0) is 103 Å². The van der Waals surface area contributed by atoms with Crippen LogP contribution in [0.5, 0.6) is 5.75 Å². The van der Waals surface area contributed by atoms with Gasteiger partial charge < -0.3 is 20.7 Å². The molecule has 1 amide bonds. The lowest BCUT2D eigenvalue weighted by Gasteiger charge is -2.24. The normalized spacial score (nSPS) is 15.0. The van der Waals surface area contributed by atoms with Gasteiger partial charge in [-0.3, -0.25) is 4.79 Å². The number of thiophene rings is 1. The summed E-state index contributed by atoms with van der Waals surface area (Å²) in [5.41, 5.74) is 1.80. The zero-order valence-corrected chi connectivity index (χ0v) is 22.3. The predicted molar refractivity (Wildman–Crippen MR) is 145 cm³/mol. The highest BCUT2D eigenvalue weighted by Gasteiger charge is 2.17. The van der Waals surface area contributed by atoms with Crippen LogP contribution in [-0.4, -0.2) is 37.7 Å². The first-order valence-electron chi connectivity index (χ1n) is 12.2. The molecule has 2 heterocycles. The topological polar surface area (TPSA) is 86.2 Å². The van der Waals surface area contributed by atoms with Gasteiger partial charge in [-0.15, -0.1) is 11.3 Å². The Morgan fingerprint density at radius 2 is 2.09 bits per heavy atom.